The van der Waals surface area contributed by atoms with Crippen molar-refractivity contribution in [3.8, 4) is 5.75 Å². The summed E-state index contributed by atoms with van der Waals surface area (Å²) in [6.45, 7) is 0. The van der Waals surface area contributed by atoms with Crippen LogP contribution in [0.4, 0.5) is 4.79 Å². The van der Waals surface area contributed by atoms with Gasteiger partial charge in [-0.05, 0) is 47.5 Å². The average Bonchev–Trinajstić information content (AvgIpc) is 2.55. The fraction of sp³-hybridized carbons (Fsp3) is 0. The zero-order valence-corrected chi connectivity index (χ0v) is 13.2. The van der Waals surface area contributed by atoms with E-state index in [1.165, 1.54) is 12.3 Å². The summed E-state index contributed by atoms with van der Waals surface area (Å²) in [4.78, 5) is 22.3. The summed E-state index contributed by atoms with van der Waals surface area (Å²) in [6, 6.07) is 13.0. The summed E-state index contributed by atoms with van der Waals surface area (Å²) in [5.74, 6) is -0.143. The lowest BCUT2D eigenvalue weighted by Crippen LogP contribution is -2.24. The van der Waals surface area contributed by atoms with Crippen LogP contribution in [0.15, 0.2) is 59.7 Å². The van der Waals surface area contributed by atoms with E-state index in [0.29, 0.717) is 16.3 Å². The fourth-order valence-corrected chi connectivity index (χ4v) is 1.91. The Morgan fingerprint density at radius 3 is 2.50 bits per heavy atom. The van der Waals surface area contributed by atoms with Crippen LogP contribution in [0.2, 0.25) is 5.02 Å². The van der Waals surface area contributed by atoms with Crippen LogP contribution in [0.5, 0.6) is 5.75 Å². The van der Waals surface area contributed by atoms with Crippen molar-refractivity contribution in [3.63, 3.8) is 0 Å². The maximum Gasteiger partial charge on any atom is 0.336 e. The fourth-order valence-electron chi connectivity index (χ4n) is 1.71. The van der Waals surface area contributed by atoms with E-state index in [4.69, 9.17) is 22.1 Å². The third-order valence-corrected chi connectivity index (χ3v) is 3.14. The van der Waals surface area contributed by atoms with Gasteiger partial charge in [-0.15, -0.1) is 0 Å². The van der Waals surface area contributed by atoms with E-state index in [1.54, 1.807) is 42.5 Å². The molecule has 0 fully saturated rings. The van der Waals surface area contributed by atoms with Crippen molar-refractivity contribution < 1.29 is 14.3 Å². The number of carbonyl (C=O) groups excluding carboxylic acids is 2. The summed E-state index contributed by atoms with van der Waals surface area (Å²) in [7, 11) is 0. The number of nitrogens with zero attached hydrogens (tertiary/aromatic N) is 1. The molecule has 0 saturated carbocycles. The topological polar surface area (TPSA) is 93.8 Å². The first kappa shape index (κ1) is 17.2. The highest BCUT2D eigenvalue weighted by Crippen LogP contribution is 2.17. The van der Waals surface area contributed by atoms with Gasteiger partial charge in [0.05, 0.1) is 6.21 Å². The second-order valence-electron chi connectivity index (χ2n) is 4.58. The third-order valence-electron chi connectivity index (χ3n) is 2.79. The van der Waals surface area contributed by atoms with Gasteiger partial charge < -0.3 is 10.5 Å². The van der Waals surface area contributed by atoms with Crippen LogP contribution in [-0.4, -0.2) is 18.2 Å². The highest BCUT2D eigenvalue weighted by Gasteiger charge is 2.01. The summed E-state index contributed by atoms with van der Waals surface area (Å²) < 4.78 is 5.17. The number of amides is 2. The molecule has 0 heterocycles. The van der Waals surface area contributed by atoms with E-state index >= 15 is 0 Å². The van der Waals surface area contributed by atoms with Gasteiger partial charge in [0.1, 0.15) is 5.75 Å². The zero-order valence-electron chi connectivity index (χ0n) is 12.5. The molecular weight excluding hydrogens is 330 g/mol. The Kier molecular flexibility index (Phi) is 6.10. The highest BCUT2D eigenvalue weighted by molar-refractivity contribution is 6.32. The number of hydrazone groups is 1. The lowest BCUT2D eigenvalue weighted by Gasteiger charge is -2.02. The minimum atomic E-state index is -0.748. The second-order valence-corrected chi connectivity index (χ2v) is 4.99. The van der Waals surface area contributed by atoms with Crippen LogP contribution >= 0.6 is 11.6 Å². The van der Waals surface area contributed by atoms with Crippen LogP contribution in [0.3, 0.4) is 0 Å². The largest absolute Gasteiger partial charge is 0.423 e. The molecule has 2 aromatic carbocycles. The SMILES string of the molecule is NC(=O)NN=Cc1ccc(OC(=O)C=Cc2ccccc2Cl)cc1. The van der Waals surface area contributed by atoms with Crippen molar-refractivity contribution in [1.82, 2.24) is 5.43 Å². The number of halogens is 1. The molecule has 0 radical (unpaired) electrons. The van der Waals surface area contributed by atoms with E-state index < -0.39 is 12.0 Å². The van der Waals surface area contributed by atoms with Crippen molar-refractivity contribution in [3.05, 3.63) is 70.8 Å². The van der Waals surface area contributed by atoms with Gasteiger partial charge in [-0.2, -0.15) is 5.10 Å². The Morgan fingerprint density at radius 2 is 1.83 bits per heavy atom. The summed E-state index contributed by atoms with van der Waals surface area (Å²) in [6.07, 6.45) is 4.29. The van der Waals surface area contributed by atoms with Crippen molar-refractivity contribution in [1.29, 1.82) is 0 Å². The number of primary amides is 1. The molecule has 0 bridgehead atoms. The van der Waals surface area contributed by atoms with Gasteiger partial charge >= 0.3 is 12.0 Å². The van der Waals surface area contributed by atoms with E-state index in [0.717, 1.165) is 5.56 Å². The van der Waals surface area contributed by atoms with Gasteiger partial charge in [-0.25, -0.2) is 15.0 Å². The van der Waals surface area contributed by atoms with Gasteiger partial charge in [-0.1, -0.05) is 29.8 Å². The number of benzene rings is 2. The minimum Gasteiger partial charge on any atom is -0.423 e. The molecule has 2 rings (SSSR count). The van der Waals surface area contributed by atoms with Gasteiger partial charge in [0.25, 0.3) is 0 Å². The molecule has 122 valence electrons. The van der Waals surface area contributed by atoms with Crippen molar-refractivity contribution >= 4 is 35.9 Å². The number of hydrogen-bond donors (Lipinski definition) is 2. The number of nitrogens with two attached hydrogens (primary N) is 1. The Bertz CT molecular complexity index is 786. The predicted octanol–water partition coefficient (Wildman–Crippen LogP) is 2.96. The monoisotopic (exact) mass is 343 g/mol. The van der Waals surface area contributed by atoms with E-state index in [1.807, 2.05) is 12.1 Å². The molecule has 3 N–H and O–H groups in total. The molecule has 0 aliphatic rings. The third kappa shape index (κ3) is 5.58. The van der Waals surface area contributed by atoms with Crippen LogP contribution in [0, 0.1) is 0 Å². The van der Waals surface area contributed by atoms with Gasteiger partial charge in [-0.3, -0.25) is 0 Å². The minimum absolute atomic E-state index is 0.379. The number of carbonyl (C=O) groups is 2. The molecule has 0 spiro atoms. The Labute approximate surface area is 143 Å². The number of urea groups is 1. The lowest BCUT2D eigenvalue weighted by molar-refractivity contribution is -0.128. The molecule has 0 saturated heterocycles. The normalized spacial score (nSPS) is 10.9. The predicted molar refractivity (Wildman–Crippen MR) is 92.9 cm³/mol. The van der Waals surface area contributed by atoms with E-state index in [9.17, 15) is 9.59 Å². The second kappa shape index (κ2) is 8.50. The molecule has 7 heteroatoms. The smallest absolute Gasteiger partial charge is 0.336 e. The van der Waals surface area contributed by atoms with Crippen LogP contribution in [0.25, 0.3) is 6.08 Å². The Balaban J connectivity index is 1.93. The van der Waals surface area contributed by atoms with Crippen LogP contribution in [0.1, 0.15) is 11.1 Å². The summed E-state index contributed by atoms with van der Waals surface area (Å²) in [5.41, 5.74) is 8.39. The maximum absolute atomic E-state index is 11.8. The van der Waals surface area contributed by atoms with Gasteiger partial charge in [0.15, 0.2) is 0 Å². The Morgan fingerprint density at radius 1 is 1.12 bits per heavy atom. The van der Waals surface area contributed by atoms with Crippen molar-refractivity contribution in [2.45, 2.75) is 0 Å². The summed E-state index contributed by atoms with van der Waals surface area (Å²) in [5, 5.41) is 4.17. The molecule has 0 aromatic heterocycles. The molecule has 0 aliphatic heterocycles. The quantitative estimate of drug-likeness (QED) is 0.287. The number of esters is 1. The van der Waals surface area contributed by atoms with Crippen LogP contribution < -0.4 is 15.9 Å². The number of nitrogens with one attached hydrogen (secondary N) is 1. The number of hydrogen-bond acceptors (Lipinski definition) is 4. The maximum atomic E-state index is 11.8. The first-order valence-electron chi connectivity index (χ1n) is 6.87. The van der Waals surface area contributed by atoms with Gasteiger partial charge in [0.2, 0.25) is 0 Å². The van der Waals surface area contributed by atoms with E-state index in [2.05, 4.69) is 10.5 Å². The number of ether oxygens (including phenoxy) is 1. The molecule has 6 nitrogen and oxygen atoms in total. The standard InChI is InChI=1S/C17H14ClN3O3/c18-15-4-2-1-3-13(15)7-10-16(22)24-14-8-5-12(6-9-14)11-20-21-17(19)23/h1-11H,(H3,19,21,23). The van der Waals surface area contributed by atoms with E-state index in [-0.39, 0.29) is 0 Å². The molecule has 24 heavy (non-hydrogen) atoms. The Hall–Kier alpha value is -3.12. The van der Waals surface area contributed by atoms with Crippen LogP contribution in [-0.2, 0) is 4.79 Å². The molecular formula is C17H14ClN3O3. The summed E-state index contributed by atoms with van der Waals surface area (Å²) >= 11 is 6.00. The highest BCUT2D eigenvalue weighted by atomic mass is 35.5. The van der Waals surface area contributed by atoms with Gasteiger partial charge in [0, 0.05) is 11.1 Å². The molecule has 2 amide bonds. The van der Waals surface area contributed by atoms with Crippen molar-refractivity contribution in [2.24, 2.45) is 10.8 Å². The number of rotatable bonds is 5. The first-order chi connectivity index (χ1) is 11.5. The van der Waals surface area contributed by atoms with Crippen molar-refractivity contribution in [2.75, 3.05) is 0 Å². The zero-order chi connectivity index (χ0) is 17.4. The molecule has 0 unspecified atom stereocenters. The lowest BCUT2D eigenvalue weighted by atomic mass is 10.2. The molecule has 2 aromatic rings. The molecule has 0 aliphatic carbocycles. The average molecular weight is 344 g/mol. The first-order valence-corrected chi connectivity index (χ1v) is 7.25. The molecule has 0 atom stereocenters.